The van der Waals surface area contributed by atoms with Gasteiger partial charge in [0.15, 0.2) is 5.78 Å². The van der Waals surface area contributed by atoms with Gasteiger partial charge < -0.3 is 5.11 Å². The lowest BCUT2D eigenvalue weighted by atomic mass is 9.36. The summed E-state index contributed by atoms with van der Waals surface area (Å²) in [5, 5.41) is 14.9. The number of hydrogen-bond acceptors (Lipinski definition) is 3. The van der Waals surface area contributed by atoms with Crippen molar-refractivity contribution in [2.24, 2.45) is 40.4 Å². The molecule has 1 heterocycles. The van der Waals surface area contributed by atoms with Gasteiger partial charge in [-0.3, -0.25) is 9.48 Å². The van der Waals surface area contributed by atoms with Crippen molar-refractivity contribution in [1.82, 2.24) is 9.78 Å². The number of fused-ring (bicyclic) bond motifs is 5. The maximum Gasteiger partial charge on any atom is 0.157 e. The van der Waals surface area contributed by atoms with Crippen LogP contribution in [0.4, 0.5) is 0 Å². The lowest BCUT2D eigenvalue weighted by Gasteiger charge is -2.68. The molecule has 0 saturated heterocycles. The number of carbonyl (C=O) groups excluding carboxylic acids is 1. The topological polar surface area (TPSA) is 55.1 Å². The molecule has 5 rings (SSSR count). The van der Waals surface area contributed by atoms with Crippen molar-refractivity contribution in [3.8, 4) is 0 Å². The molecule has 1 N–H and O–H groups in total. The Hall–Kier alpha value is -1.16. The van der Waals surface area contributed by atoms with Gasteiger partial charge >= 0.3 is 0 Å². The van der Waals surface area contributed by atoms with Gasteiger partial charge in [-0.15, -0.1) is 0 Å². The Balaban J connectivity index is 1.31. The average Bonchev–Trinajstić information content (AvgIpc) is 3.03. The maximum atomic E-state index is 13.1. The average molecular weight is 399 g/mol. The zero-order chi connectivity index (χ0) is 20.6. The van der Waals surface area contributed by atoms with Crippen molar-refractivity contribution < 1.29 is 9.90 Å². The summed E-state index contributed by atoms with van der Waals surface area (Å²) in [4.78, 5) is 13.1. The number of Topliss-reactive ketones (excluding diaryl/α,β-unsaturated/α-hetero) is 1. The van der Waals surface area contributed by atoms with E-state index in [4.69, 9.17) is 0 Å². The van der Waals surface area contributed by atoms with Crippen LogP contribution in [0.3, 0.4) is 0 Å². The first-order valence-corrected chi connectivity index (χ1v) is 11.9. The Morgan fingerprint density at radius 1 is 1.10 bits per heavy atom. The summed E-state index contributed by atoms with van der Waals surface area (Å²) in [7, 11) is 0. The lowest BCUT2D eigenvalue weighted by Crippen LogP contribution is -2.63. The molecule has 1 aromatic heterocycles. The molecule has 4 aliphatic rings. The fourth-order valence-electron chi connectivity index (χ4n) is 8.45. The Bertz CT molecular complexity index is 814. The third-order valence-corrected chi connectivity index (χ3v) is 10.1. The van der Waals surface area contributed by atoms with Gasteiger partial charge in [0.1, 0.15) is 0 Å². The molecule has 0 bridgehead atoms. The van der Waals surface area contributed by atoms with Crippen molar-refractivity contribution in [2.75, 3.05) is 0 Å². The second-order valence-electron chi connectivity index (χ2n) is 11.9. The van der Waals surface area contributed by atoms with Crippen LogP contribution >= 0.6 is 0 Å². The summed E-state index contributed by atoms with van der Waals surface area (Å²) >= 11 is 0. The van der Waals surface area contributed by atoms with Crippen LogP contribution in [0.2, 0.25) is 0 Å². The highest BCUT2D eigenvalue weighted by Crippen LogP contribution is 2.71. The maximum absolute atomic E-state index is 13.1. The van der Waals surface area contributed by atoms with Crippen LogP contribution in [0, 0.1) is 47.3 Å². The van der Waals surface area contributed by atoms with Crippen molar-refractivity contribution >= 4 is 5.78 Å². The van der Waals surface area contributed by atoms with Gasteiger partial charge in [0.2, 0.25) is 0 Å². The molecule has 4 saturated carbocycles. The third-order valence-electron chi connectivity index (χ3n) is 10.1. The number of nitrogens with zero attached hydrogens (tertiary/aromatic N) is 2. The highest BCUT2D eigenvalue weighted by Gasteiger charge is 2.65. The van der Waals surface area contributed by atoms with Crippen molar-refractivity contribution in [2.45, 2.75) is 91.2 Å². The molecule has 4 fully saturated rings. The van der Waals surface area contributed by atoms with Crippen molar-refractivity contribution in [3.63, 3.8) is 0 Å². The second-order valence-corrected chi connectivity index (χ2v) is 11.9. The van der Waals surface area contributed by atoms with Gasteiger partial charge in [-0.2, -0.15) is 5.10 Å². The number of aryl methyl sites for hydroxylation is 1. The molecular weight excluding hydrogens is 360 g/mol. The van der Waals surface area contributed by atoms with Gasteiger partial charge in [-0.25, -0.2) is 0 Å². The highest BCUT2D eigenvalue weighted by atomic mass is 16.3. The van der Waals surface area contributed by atoms with Crippen LogP contribution < -0.4 is 0 Å². The molecule has 0 spiro atoms. The summed E-state index contributed by atoms with van der Waals surface area (Å²) in [6.07, 6.45) is 13.1. The molecule has 29 heavy (non-hydrogen) atoms. The molecule has 0 aromatic carbocycles. The smallest absolute Gasteiger partial charge is 0.157 e. The quantitative estimate of drug-likeness (QED) is 0.797. The van der Waals surface area contributed by atoms with E-state index in [0.29, 0.717) is 29.6 Å². The first-order valence-electron chi connectivity index (χ1n) is 11.9. The molecule has 4 aliphatic carbocycles. The Morgan fingerprint density at radius 3 is 2.59 bits per heavy atom. The monoisotopic (exact) mass is 398 g/mol. The van der Waals surface area contributed by atoms with E-state index >= 15 is 0 Å². The van der Waals surface area contributed by atoms with Crippen LogP contribution in [0.25, 0.3) is 0 Å². The lowest BCUT2D eigenvalue weighted by molar-refractivity contribution is -0.205. The molecule has 8 atom stereocenters. The number of rotatable bonds is 3. The molecule has 0 radical (unpaired) electrons. The predicted molar refractivity (Wildman–Crippen MR) is 113 cm³/mol. The van der Waals surface area contributed by atoms with E-state index in [1.54, 1.807) is 0 Å². The van der Waals surface area contributed by atoms with Crippen LogP contribution in [0.5, 0.6) is 0 Å². The van der Waals surface area contributed by atoms with Crippen LogP contribution in [0.15, 0.2) is 12.4 Å². The zero-order valence-corrected chi connectivity index (χ0v) is 18.7. The molecular formula is C25H38N2O2. The van der Waals surface area contributed by atoms with Gasteiger partial charge in [0.05, 0.1) is 18.3 Å². The van der Waals surface area contributed by atoms with E-state index < -0.39 is 5.60 Å². The van der Waals surface area contributed by atoms with E-state index in [2.05, 4.69) is 18.9 Å². The first kappa shape index (κ1) is 19.8. The minimum Gasteiger partial charge on any atom is -0.390 e. The van der Waals surface area contributed by atoms with Gasteiger partial charge in [-0.05, 0) is 105 Å². The Kier molecular flexibility index (Phi) is 4.38. The number of aromatic nitrogens is 2. The number of ketones is 1. The summed E-state index contributed by atoms with van der Waals surface area (Å²) in [6.45, 7) is 9.48. The molecule has 0 amide bonds. The Labute approximate surface area is 175 Å². The zero-order valence-electron chi connectivity index (χ0n) is 18.7. The summed E-state index contributed by atoms with van der Waals surface area (Å²) in [5.74, 6) is 3.54. The Morgan fingerprint density at radius 2 is 1.86 bits per heavy atom. The summed E-state index contributed by atoms with van der Waals surface area (Å²) < 4.78 is 1.82. The second kappa shape index (κ2) is 6.42. The van der Waals surface area contributed by atoms with Gasteiger partial charge in [0.25, 0.3) is 0 Å². The standard InChI is InChI=1S/C25H38N2O2/c1-16-13-26-27(14-16)15-22(28)21-11-20-19-6-5-17-12-23(2,29)8-7-18(17)24(19,3)9-10-25(20,21)4/h13-14,17-21,29H,5-12,15H2,1-4H3/t17-,18+,19+,20+,21-,23-,24-,25+/m1/s1. The number of carbonyl (C=O) groups is 1. The SMILES string of the molecule is Cc1cnn(CC(=O)[C@H]2C[C@H]3[C@@H]4CC[C@@H]5C[C@](C)(O)CC[C@@H]5[C@@]4(C)CC[C@]23C)c1. The number of aliphatic hydroxyl groups is 1. The summed E-state index contributed by atoms with van der Waals surface area (Å²) in [5.41, 5.74) is 1.27. The first-order chi connectivity index (χ1) is 13.6. The highest BCUT2D eigenvalue weighted by molar-refractivity contribution is 5.82. The van der Waals surface area contributed by atoms with Crippen molar-refractivity contribution in [1.29, 1.82) is 0 Å². The third kappa shape index (κ3) is 2.96. The molecule has 160 valence electrons. The van der Waals surface area contributed by atoms with Crippen LogP contribution in [0.1, 0.15) is 77.7 Å². The minimum atomic E-state index is -0.452. The summed E-state index contributed by atoms with van der Waals surface area (Å²) in [6, 6.07) is 0. The van der Waals surface area contributed by atoms with E-state index in [1.165, 1.54) is 32.1 Å². The molecule has 1 aromatic rings. The van der Waals surface area contributed by atoms with E-state index in [0.717, 1.165) is 36.7 Å². The van der Waals surface area contributed by atoms with Crippen LogP contribution in [-0.2, 0) is 11.3 Å². The van der Waals surface area contributed by atoms with E-state index in [-0.39, 0.29) is 11.3 Å². The normalized spacial score (nSPS) is 48.8. The fourth-order valence-corrected chi connectivity index (χ4v) is 8.45. The number of hydrogen-bond donors (Lipinski definition) is 1. The van der Waals surface area contributed by atoms with E-state index in [1.807, 2.05) is 30.9 Å². The largest absolute Gasteiger partial charge is 0.390 e. The molecule has 0 aliphatic heterocycles. The van der Waals surface area contributed by atoms with Crippen LogP contribution in [-0.4, -0.2) is 26.3 Å². The minimum absolute atomic E-state index is 0.191. The van der Waals surface area contributed by atoms with Gasteiger partial charge in [0, 0.05) is 12.1 Å². The molecule has 4 nitrogen and oxygen atoms in total. The molecule has 4 heteroatoms. The molecule has 0 unspecified atom stereocenters. The van der Waals surface area contributed by atoms with Gasteiger partial charge in [-0.1, -0.05) is 13.8 Å². The fraction of sp³-hybridized carbons (Fsp3) is 0.840. The predicted octanol–water partition coefficient (Wildman–Crippen LogP) is 4.78. The van der Waals surface area contributed by atoms with Crippen molar-refractivity contribution in [3.05, 3.63) is 18.0 Å². The van der Waals surface area contributed by atoms with E-state index in [9.17, 15) is 9.90 Å².